The molecule has 31 heavy (non-hydrogen) atoms. The molecule has 3 aromatic carbocycles. The van der Waals surface area contributed by atoms with Crippen molar-refractivity contribution in [2.24, 2.45) is 0 Å². The first kappa shape index (κ1) is 21.0. The first-order chi connectivity index (χ1) is 14.9. The fourth-order valence-electron chi connectivity index (χ4n) is 4.09. The summed E-state index contributed by atoms with van der Waals surface area (Å²) in [5.41, 5.74) is 1.46. The summed E-state index contributed by atoms with van der Waals surface area (Å²) in [6.07, 6.45) is 0. The van der Waals surface area contributed by atoms with Gasteiger partial charge in [0.25, 0.3) is 0 Å². The molecule has 0 unspecified atom stereocenters. The lowest BCUT2D eigenvalue weighted by molar-refractivity contribution is 0.508. The van der Waals surface area contributed by atoms with Crippen LogP contribution in [0, 0.1) is 5.95 Å². The third kappa shape index (κ3) is 4.16. The van der Waals surface area contributed by atoms with Gasteiger partial charge in [-0.05, 0) is 51.8 Å². The minimum atomic E-state index is -2.67. The van der Waals surface area contributed by atoms with E-state index in [1.165, 1.54) is 16.4 Å². The van der Waals surface area contributed by atoms with Crippen LogP contribution in [0.15, 0.2) is 103 Å². The lowest BCUT2D eigenvalue weighted by Gasteiger charge is -2.43. The van der Waals surface area contributed by atoms with Gasteiger partial charge in [0, 0.05) is 5.56 Å². The summed E-state index contributed by atoms with van der Waals surface area (Å²) in [7, 11) is -2.67. The van der Waals surface area contributed by atoms with E-state index in [-0.39, 0.29) is 5.04 Å². The second kappa shape index (κ2) is 8.48. The average molecular weight is 428 g/mol. The van der Waals surface area contributed by atoms with Gasteiger partial charge in [-0.1, -0.05) is 87.5 Å². The minimum Gasteiger partial charge on any atom is -0.534 e. The molecule has 0 N–H and O–H groups in total. The molecule has 0 radical (unpaired) electrons. The van der Waals surface area contributed by atoms with Crippen molar-refractivity contribution in [3.05, 3.63) is 109 Å². The van der Waals surface area contributed by atoms with Crippen LogP contribution in [-0.2, 0) is 0 Å². The minimum absolute atomic E-state index is 0.113. The van der Waals surface area contributed by atoms with Gasteiger partial charge in [0.1, 0.15) is 5.75 Å². The number of nitrogens with zero attached hydrogens (tertiary/aromatic N) is 1. The van der Waals surface area contributed by atoms with Gasteiger partial charge < -0.3 is 4.43 Å². The SMILES string of the molecule is CC(C)(C)[Si](Oc1ccc(-c2cccc(F)n2)cc1)(c1ccccc1)c1ccccc1. The van der Waals surface area contributed by atoms with Crippen LogP contribution in [0.4, 0.5) is 4.39 Å². The number of pyridine rings is 1. The van der Waals surface area contributed by atoms with Crippen LogP contribution in [-0.4, -0.2) is 13.3 Å². The summed E-state index contributed by atoms with van der Waals surface area (Å²) in [6, 6.07) is 33.7. The topological polar surface area (TPSA) is 22.1 Å². The number of hydrogen-bond donors (Lipinski definition) is 0. The monoisotopic (exact) mass is 427 g/mol. The predicted octanol–water partition coefficient (Wildman–Crippen LogP) is 5.83. The van der Waals surface area contributed by atoms with Gasteiger partial charge in [-0.25, -0.2) is 4.98 Å². The van der Waals surface area contributed by atoms with Crippen molar-refractivity contribution in [2.45, 2.75) is 25.8 Å². The third-order valence-corrected chi connectivity index (χ3v) is 10.5. The molecular formula is C27H26FNOSi. The Kier molecular flexibility index (Phi) is 5.75. The molecule has 0 bridgehead atoms. The highest BCUT2D eigenvalue weighted by Gasteiger charge is 2.52. The summed E-state index contributed by atoms with van der Waals surface area (Å²) in [5, 5.41) is 2.34. The maximum absolute atomic E-state index is 13.5. The Labute approximate surface area is 184 Å². The van der Waals surface area contributed by atoms with Gasteiger partial charge in [0.15, 0.2) is 0 Å². The molecule has 4 aromatic rings. The molecule has 0 aliphatic carbocycles. The highest BCUT2D eigenvalue weighted by molar-refractivity contribution is 7.00. The highest BCUT2D eigenvalue weighted by atomic mass is 28.4. The quantitative estimate of drug-likeness (QED) is 0.295. The molecule has 0 aliphatic heterocycles. The number of benzene rings is 3. The van der Waals surface area contributed by atoms with E-state index in [9.17, 15) is 4.39 Å². The van der Waals surface area contributed by atoms with Crippen molar-refractivity contribution in [2.75, 3.05) is 0 Å². The van der Waals surface area contributed by atoms with Gasteiger partial charge in [-0.3, -0.25) is 0 Å². The zero-order chi connectivity index (χ0) is 21.9. The van der Waals surface area contributed by atoms with E-state index in [0.717, 1.165) is 11.3 Å². The van der Waals surface area contributed by atoms with E-state index >= 15 is 0 Å². The van der Waals surface area contributed by atoms with Crippen LogP contribution in [0.2, 0.25) is 5.04 Å². The number of aromatic nitrogens is 1. The van der Waals surface area contributed by atoms with Gasteiger partial charge in [-0.15, -0.1) is 0 Å². The molecule has 0 fully saturated rings. The fraction of sp³-hybridized carbons (Fsp3) is 0.148. The molecule has 0 aliphatic rings. The van der Waals surface area contributed by atoms with E-state index < -0.39 is 14.3 Å². The standard InChI is InChI=1S/C27H26FNOSi/c1-27(2,3)31(23-11-6-4-7-12-23,24-13-8-5-9-14-24)30-22-19-17-21(18-20-22)25-15-10-16-26(28)29-25/h4-20H,1-3H3. The Balaban J connectivity index is 1.80. The van der Waals surface area contributed by atoms with Crippen LogP contribution in [0.5, 0.6) is 5.75 Å². The van der Waals surface area contributed by atoms with Crippen molar-refractivity contribution in [1.82, 2.24) is 4.98 Å². The normalized spacial score (nSPS) is 11.9. The summed E-state index contributed by atoms with van der Waals surface area (Å²) >= 11 is 0. The third-order valence-electron chi connectivity index (χ3n) is 5.55. The zero-order valence-electron chi connectivity index (χ0n) is 18.0. The molecule has 0 atom stereocenters. The van der Waals surface area contributed by atoms with Gasteiger partial charge in [0.2, 0.25) is 5.95 Å². The van der Waals surface area contributed by atoms with Crippen LogP contribution in [0.1, 0.15) is 20.8 Å². The maximum atomic E-state index is 13.5. The smallest absolute Gasteiger partial charge is 0.319 e. The maximum Gasteiger partial charge on any atom is 0.319 e. The van der Waals surface area contributed by atoms with Gasteiger partial charge in [-0.2, -0.15) is 4.39 Å². The lowest BCUT2D eigenvalue weighted by atomic mass is 10.1. The molecular weight excluding hydrogens is 401 g/mol. The second-order valence-electron chi connectivity index (χ2n) is 8.64. The van der Waals surface area contributed by atoms with Crippen molar-refractivity contribution in [3.63, 3.8) is 0 Å². The zero-order valence-corrected chi connectivity index (χ0v) is 19.0. The van der Waals surface area contributed by atoms with Crippen molar-refractivity contribution in [3.8, 4) is 17.0 Å². The molecule has 0 saturated heterocycles. The summed E-state index contributed by atoms with van der Waals surface area (Å²) in [4.78, 5) is 3.98. The first-order valence-corrected chi connectivity index (χ1v) is 12.3. The number of hydrogen-bond acceptors (Lipinski definition) is 2. The van der Waals surface area contributed by atoms with E-state index in [1.807, 2.05) is 36.4 Å². The second-order valence-corrected chi connectivity index (χ2v) is 12.9. The number of halogens is 1. The van der Waals surface area contributed by atoms with Gasteiger partial charge >= 0.3 is 8.32 Å². The van der Waals surface area contributed by atoms with E-state index in [1.54, 1.807) is 12.1 Å². The molecule has 1 aromatic heterocycles. The lowest BCUT2D eigenvalue weighted by Crippen LogP contribution is -2.68. The molecule has 156 valence electrons. The Bertz CT molecular complexity index is 1100. The molecule has 0 spiro atoms. The Morgan fingerprint density at radius 2 is 1.23 bits per heavy atom. The molecule has 1 heterocycles. The van der Waals surface area contributed by atoms with Crippen LogP contribution < -0.4 is 14.8 Å². The van der Waals surface area contributed by atoms with Gasteiger partial charge in [0.05, 0.1) is 5.69 Å². The molecule has 2 nitrogen and oxygen atoms in total. The molecule has 0 amide bonds. The summed E-state index contributed by atoms with van der Waals surface area (Å²) in [5.74, 6) is 0.319. The summed E-state index contributed by atoms with van der Waals surface area (Å²) < 4.78 is 20.5. The molecule has 0 saturated carbocycles. The average Bonchev–Trinajstić information content (AvgIpc) is 2.78. The highest BCUT2D eigenvalue weighted by Crippen LogP contribution is 2.37. The predicted molar refractivity (Wildman–Crippen MR) is 128 cm³/mol. The van der Waals surface area contributed by atoms with Crippen LogP contribution in [0.25, 0.3) is 11.3 Å². The number of rotatable bonds is 5. The Morgan fingerprint density at radius 1 is 0.677 bits per heavy atom. The van der Waals surface area contributed by atoms with Crippen molar-refractivity contribution < 1.29 is 8.82 Å². The van der Waals surface area contributed by atoms with Crippen LogP contribution in [0.3, 0.4) is 0 Å². The Hall–Kier alpha value is -3.24. The largest absolute Gasteiger partial charge is 0.534 e. The van der Waals surface area contributed by atoms with Crippen molar-refractivity contribution >= 4 is 18.7 Å². The van der Waals surface area contributed by atoms with E-state index in [2.05, 4.69) is 74.3 Å². The molecule has 4 heteroatoms. The van der Waals surface area contributed by atoms with Crippen LogP contribution >= 0.6 is 0 Å². The first-order valence-electron chi connectivity index (χ1n) is 10.4. The van der Waals surface area contributed by atoms with E-state index in [0.29, 0.717) is 5.69 Å². The molecule has 4 rings (SSSR count). The Morgan fingerprint density at radius 3 is 1.71 bits per heavy atom. The summed E-state index contributed by atoms with van der Waals surface area (Å²) in [6.45, 7) is 6.76. The van der Waals surface area contributed by atoms with E-state index in [4.69, 9.17) is 4.43 Å². The van der Waals surface area contributed by atoms with Crippen molar-refractivity contribution in [1.29, 1.82) is 0 Å². The fourth-order valence-corrected chi connectivity index (χ4v) is 8.51.